The van der Waals surface area contributed by atoms with Crippen molar-refractivity contribution < 1.29 is 5.11 Å². The first kappa shape index (κ1) is 11.7. The molecule has 16 heavy (non-hydrogen) atoms. The third-order valence-corrected chi connectivity index (χ3v) is 3.67. The van der Waals surface area contributed by atoms with Crippen LogP contribution in [0.1, 0.15) is 19.8 Å². The largest absolute Gasteiger partial charge is 0.397 e. The van der Waals surface area contributed by atoms with Crippen LogP contribution in [0, 0.1) is 0 Å². The number of benzene rings is 1. The lowest BCUT2D eigenvalue weighted by Crippen LogP contribution is -2.42. The molecule has 1 saturated heterocycles. The Balaban J connectivity index is 2.17. The van der Waals surface area contributed by atoms with Gasteiger partial charge in [0.05, 0.1) is 17.0 Å². The molecule has 4 heteroatoms. The highest BCUT2D eigenvalue weighted by Gasteiger charge is 2.27. The van der Waals surface area contributed by atoms with Crippen LogP contribution in [0.4, 0.5) is 11.4 Å². The molecular weight excluding hydrogens is 268 g/mol. The molecule has 0 aliphatic carbocycles. The molecule has 0 unspecified atom stereocenters. The van der Waals surface area contributed by atoms with E-state index in [9.17, 15) is 5.11 Å². The first-order valence-corrected chi connectivity index (χ1v) is 6.30. The van der Waals surface area contributed by atoms with Crippen molar-refractivity contribution >= 4 is 27.3 Å². The van der Waals surface area contributed by atoms with E-state index in [1.54, 1.807) is 0 Å². The van der Waals surface area contributed by atoms with Gasteiger partial charge in [0.2, 0.25) is 0 Å². The number of nitrogens with zero attached hydrogens (tertiary/aromatic N) is 1. The molecule has 0 atom stereocenters. The molecular formula is C12H17BrN2O. The average Bonchev–Trinajstić information content (AvgIpc) is 2.22. The third kappa shape index (κ3) is 2.50. The molecule has 1 heterocycles. The lowest BCUT2D eigenvalue weighted by molar-refractivity contribution is 0.0351. The number of hydrogen-bond acceptors (Lipinski definition) is 3. The Labute approximate surface area is 104 Å². The van der Waals surface area contributed by atoms with Gasteiger partial charge in [-0.2, -0.15) is 0 Å². The molecule has 0 radical (unpaired) electrons. The van der Waals surface area contributed by atoms with E-state index in [4.69, 9.17) is 5.73 Å². The summed E-state index contributed by atoms with van der Waals surface area (Å²) in [4.78, 5) is 2.23. The van der Waals surface area contributed by atoms with Crippen LogP contribution in [-0.4, -0.2) is 23.8 Å². The minimum atomic E-state index is -0.517. The molecule has 0 bridgehead atoms. The van der Waals surface area contributed by atoms with E-state index < -0.39 is 5.60 Å². The first-order valence-electron chi connectivity index (χ1n) is 5.50. The van der Waals surface area contributed by atoms with E-state index in [1.165, 1.54) is 0 Å². The molecule has 0 aromatic heterocycles. The van der Waals surface area contributed by atoms with Crippen molar-refractivity contribution in [2.75, 3.05) is 23.7 Å². The zero-order valence-electron chi connectivity index (χ0n) is 9.41. The summed E-state index contributed by atoms with van der Waals surface area (Å²) in [7, 11) is 0. The fraction of sp³-hybridized carbons (Fsp3) is 0.500. The predicted molar refractivity (Wildman–Crippen MR) is 70.6 cm³/mol. The molecule has 2 rings (SSSR count). The molecule has 1 aromatic rings. The number of hydrogen-bond donors (Lipinski definition) is 2. The zero-order chi connectivity index (χ0) is 11.8. The Bertz CT molecular complexity index is 383. The third-order valence-electron chi connectivity index (χ3n) is 3.17. The molecule has 88 valence electrons. The second-order valence-corrected chi connectivity index (χ2v) is 5.60. The Morgan fingerprint density at radius 1 is 1.38 bits per heavy atom. The summed E-state index contributed by atoms with van der Waals surface area (Å²) in [5, 5.41) is 9.90. The van der Waals surface area contributed by atoms with Crippen LogP contribution in [0.15, 0.2) is 22.7 Å². The van der Waals surface area contributed by atoms with E-state index in [0.717, 1.165) is 41.8 Å². The van der Waals surface area contributed by atoms with Gasteiger partial charge in [0.15, 0.2) is 0 Å². The molecule has 0 spiro atoms. The smallest absolute Gasteiger partial charge is 0.0653 e. The fourth-order valence-electron chi connectivity index (χ4n) is 2.02. The van der Waals surface area contributed by atoms with Crippen molar-refractivity contribution in [2.24, 2.45) is 0 Å². The van der Waals surface area contributed by atoms with E-state index in [2.05, 4.69) is 20.8 Å². The maximum absolute atomic E-state index is 9.90. The SMILES string of the molecule is CC1(O)CCN(c2cc(Br)ccc2N)CC1. The van der Waals surface area contributed by atoms with E-state index >= 15 is 0 Å². The van der Waals surface area contributed by atoms with Gasteiger partial charge in [0.25, 0.3) is 0 Å². The Hall–Kier alpha value is -0.740. The number of anilines is 2. The lowest BCUT2D eigenvalue weighted by Gasteiger charge is -2.37. The van der Waals surface area contributed by atoms with Crippen LogP contribution in [0.5, 0.6) is 0 Å². The summed E-state index contributed by atoms with van der Waals surface area (Å²) in [5.74, 6) is 0. The minimum Gasteiger partial charge on any atom is -0.397 e. The number of piperidine rings is 1. The van der Waals surface area contributed by atoms with Gasteiger partial charge in [-0.15, -0.1) is 0 Å². The predicted octanol–water partition coefficient (Wildman–Crippen LogP) is 2.38. The normalized spacial score (nSPS) is 19.8. The molecule has 1 aliphatic heterocycles. The van der Waals surface area contributed by atoms with Gasteiger partial charge in [-0.25, -0.2) is 0 Å². The van der Waals surface area contributed by atoms with Crippen LogP contribution in [-0.2, 0) is 0 Å². The summed E-state index contributed by atoms with van der Waals surface area (Å²) in [6.07, 6.45) is 1.58. The van der Waals surface area contributed by atoms with Gasteiger partial charge in [0, 0.05) is 17.6 Å². The van der Waals surface area contributed by atoms with Gasteiger partial charge in [0.1, 0.15) is 0 Å². The standard InChI is InChI=1S/C12H17BrN2O/c1-12(16)4-6-15(7-5-12)11-8-9(13)2-3-10(11)14/h2-3,8,16H,4-7,14H2,1H3. The molecule has 3 N–H and O–H groups in total. The second kappa shape index (κ2) is 4.26. The maximum Gasteiger partial charge on any atom is 0.0653 e. The van der Waals surface area contributed by atoms with Crippen molar-refractivity contribution in [3.8, 4) is 0 Å². The number of halogens is 1. The summed E-state index contributed by atoms with van der Waals surface area (Å²) in [6, 6.07) is 5.89. The van der Waals surface area contributed by atoms with E-state index in [-0.39, 0.29) is 0 Å². The van der Waals surface area contributed by atoms with Crippen LogP contribution < -0.4 is 10.6 Å². The van der Waals surface area contributed by atoms with Gasteiger partial charge < -0.3 is 15.7 Å². The summed E-state index contributed by atoms with van der Waals surface area (Å²) >= 11 is 3.45. The summed E-state index contributed by atoms with van der Waals surface area (Å²) in [5.41, 5.74) is 7.30. The van der Waals surface area contributed by atoms with Gasteiger partial charge >= 0.3 is 0 Å². The lowest BCUT2D eigenvalue weighted by atomic mass is 9.93. The van der Waals surface area contributed by atoms with Crippen LogP contribution >= 0.6 is 15.9 Å². The molecule has 3 nitrogen and oxygen atoms in total. The molecule has 1 fully saturated rings. The number of rotatable bonds is 1. The van der Waals surface area contributed by atoms with E-state index in [0.29, 0.717) is 0 Å². The van der Waals surface area contributed by atoms with Crippen molar-refractivity contribution in [3.05, 3.63) is 22.7 Å². The first-order chi connectivity index (χ1) is 7.48. The van der Waals surface area contributed by atoms with Crippen LogP contribution in [0.2, 0.25) is 0 Å². The fourth-order valence-corrected chi connectivity index (χ4v) is 2.37. The van der Waals surface area contributed by atoms with Crippen LogP contribution in [0.25, 0.3) is 0 Å². The number of aliphatic hydroxyl groups is 1. The maximum atomic E-state index is 9.90. The average molecular weight is 285 g/mol. The van der Waals surface area contributed by atoms with Gasteiger partial charge in [-0.05, 0) is 38.0 Å². The number of nitrogens with two attached hydrogens (primary N) is 1. The molecule has 1 aliphatic rings. The van der Waals surface area contributed by atoms with E-state index in [1.807, 2.05) is 25.1 Å². The molecule has 0 saturated carbocycles. The molecule has 1 aromatic carbocycles. The van der Waals surface area contributed by atoms with Crippen molar-refractivity contribution in [1.82, 2.24) is 0 Å². The second-order valence-electron chi connectivity index (χ2n) is 4.69. The summed E-state index contributed by atoms with van der Waals surface area (Å²) in [6.45, 7) is 3.61. The Morgan fingerprint density at radius 3 is 2.62 bits per heavy atom. The highest BCUT2D eigenvalue weighted by molar-refractivity contribution is 9.10. The van der Waals surface area contributed by atoms with Crippen molar-refractivity contribution in [1.29, 1.82) is 0 Å². The Kier molecular flexibility index (Phi) is 3.13. The minimum absolute atomic E-state index is 0.517. The van der Waals surface area contributed by atoms with Crippen molar-refractivity contribution in [2.45, 2.75) is 25.4 Å². The van der Waals surface area contributed by atoms with Gasteiger partial charge in [-0.1, -0.05) is 15.9 Å². The summed E-state index contributed by atoms with van der Waals surface area (Å²) < 4.78 is 1.04. The molecule has 0 amide bonds. The number of nitrogen functional groups attached to an aromatic ring is 1. The monoisotopic (exact) mass is 284 g/mol. The highest BCUT2D eigenvalue weighted by Crippen LogP contribution is 2.31. The Morgan fingerprint density at radius 2 is 2.00 bits per heavy atom. The topological polar surface area (TPSA) is 49.5 Å². The van der Waals surface area contributed by atoms with Crippen molar-refractivity contribution in [3.63, 3.8) is 0 Å². The highest BCUT2D eigenvalue weighted by atomic mass is 79.9. The zero-order valence-corrected chi connectivity index (χ0v) is 11.0. The van der Waals surface area contributed by atoms with Crippen LogP contribution in [0.3, 0.4) is 0 Å². The quantitative estimate of drug-likeness (QED) is 0.779. The van der Waals surface area contributed by atoms with Gasteiger partial charge in [-0.3, -0.25) is 0 Å².